The van der Waals surface area contributed by atoms with E-state index in [0.717, 1.165) is 11.4 Å². The maximum absolute atomic E-state index is 12.4. The number of aryl methyl sites for hydroxylation is 1. The lowest BCUT2D eigenvalue weighted by Gasteiger charge is -2.35. The number of hydrogen-bond acceptors (Lipinski definition) is 5. The van der Waals surface area contributed by atoms with Crippen LogP contribution < -0.4 is 9.62 Å². The molecule has 0 saturated carbocycles. The van der Waals surface area contributed by atoms with Gasteiger partial charge in [0.25, 0.3) is 0 Å². The molecule has 1 aliphatic rings. The summed E-state index contributed by atoms with van der Waals surface area (Å²) >= 11 is 0. The lowest BCUT2D eigenvalue weighted by molar-refractivity contribution is -0.130. The smallest absolute Gasteiger partial charge is 0.241 e. The second kappa shape index (κ2) is 7.84. The predicted octanol–water partition coefficient (Wildman–Crippen LogP) is 1.02. The van der Waals surface area contributed by atoms with Gasteiger partial charge >= 0.3 is 0 Å². The largest absolute Gasteiger partial charge is 0.353 e. The van der Waals surface area contributed by atoms with Gasteiger partial charge in [0.15, 0.2) is 0 Å². The molecule has 0 bridgehead atoms. The van der Waals surface area contributed by atoms with E-state index in [9.17, 15) is 13.2 Å². The van der Waals surface area contributed by atoms with Crippen molar-refractivity contribution in [1.82, 2.24) is 14.6 Å². The number of aromatic nitrogens is 1. The van der Waals surface area contributed by atoms with Crippen LogP contribution in [0.3, 0.4) is 0 Å². The molecule has 0 aliphatic carbocycles. The van der Waals surface area contributed by atoms with E-state index >= 15 is 0 Å². The Bertz CT molecular complexity index is 863. The zero-order valence-electron chi connectivity index (χ0n) is 14.6. The van der Waals surface area contributed by atoms with Gasteiger partial charge in [-0.3, -0.25) is 4.79 Å². The van der Waals surface area contributed by atoms with Crippen molar-refractivity contribution in [3.05, 3.63) is 54.2 Å². The molecular formula is C18H22N4O3S. The van der Waals surface area contributed by atoms with Crippen LogP contribution in [0.4, 0.5) is 5.82 Å². The molecule has 1 fully saturated rings. The molecule has 1 amide bonds. The van der Waals surface area contributed by atoms with Crippen LogP contribution in [0, 0.1) is 6.92 Å². The maximum Gasteiger partial charge on any atom is 0.241 e. The SMILES string of the molecule is Cc1cccc(S(=O)(=O)NCC(=O)N2CCN(c3ccccn3)CC2)c1. The number of amides is 1. The van der Waals surface area contributed by atoms with Crippen LogP contribution in [0.2, 0.25) is 0 Å². The van der Waals surface area contributed by atoms with E-state index in [1.165, 1.54) is 6.07 Å². The first-order chi connectivity index (χ1) is 12.5. The number of rotatable bonds is 5. The van der Waals surface area contributed by atoms with Gasteiger partial charge < -0.3 is 9.80 Å². The highest BCUT2D eigenvalue weighted by molar-refractivity contribution is 7.89. The average molecular weight is 374 g/mol. The first-order valence-corrected chi connectivity index (χ1v) is 9.94. The molecule has 0 unspecified atom stereocenters. The number of pyridine rings is 1. The third-order valence-electron chi connectivity index (χ3n) is 4.32. The average Bonchev–Trinajstić information content (AvgIpc) is 2.67. The van der Waals surface area contributed by atoms with E-state index in [1.807, 2.05) is 31.2 Å². The molecule has 2 heterocycles. The third-order valence-corrected chi connectivity index (χ3v) is 5.72. The van der Waals surface area contributed by atoms with Gasteiger partial charge in [-0.15, -0.1) is 0 Å². The number of nitrogens with one attached hydrogen (secondary N) is 1. The van der Waals surface area contributed by atoms with Crippen molar-refractivity contribution in [2.75, 3.05) is 37.6 Å². The van der Waals surface area contributed by atoms with Crippen LogP contribution in [-0.2, 0) is 14.8 Å². The Hall–Kier alpha value is -2.45. The highest BCUT2D eigenvalue weighted by Crippen LogP contribution is 2.13. The first kappa shape index (κ1) is 18.3. The Morgan fingerprint density at radius 2 is 1.88 bits per heavy atom. The molecule has 3 rings (SSSR count). The number of benzene rings is 1. The van der Waals surface area contributed by atoms with E-state index < -0.39 is 10.0 Å². The maximum atomic E-state index is 12.4. The van der Waals surface area contributed by atoms with Gasteiger partial charge in [-0.2, -0.15) is 0 Å². The van der Waals surface area contributed by atoms with Crippen molar-refractivity contribution in [2.45, 2.75) is 11.8 Å². The Kier molecular flexibility index (Phi) is 5.53. The van der Waals surface area contributed by atoms with Gasteiger partial charge in [-0.25, -0.2) is 18.1 Å². The molecule has 1 saturated heterocycles. The van der Waals surface area contributed by atoms with Gasteiger partial charge in [0.2, 0.25) is 15.9 Å². The highest BCUT2D eigenvalue weighted by Gasteiger charge is 2.23. The summed E-state index contributed by atoms with van der Waals surface area (Å²) in [5, 5.41) is 0. The Balaban J connectivity index is 1.53. The fraction of sp³-hybridized carbons (Fsp3) is 0.333. The van der Waals surface area contributed by atoms with Gasteiger partial charge in [0, 0.05) is 32.4 Å². The van der Waals surface area contributed by atoms with Crippen LogP contribution in [-0.4, -0.2) is 56.9 Å². The van der Waals surface area contributed by atoms with Crippen LogP contribution in [0.5, 0.6) is 0 Å². The highest BCUT2D eigenvalue weighted by atomic mass is 32.2. The van der Waals surface area contributed by atoms with Gasteiger partial charge in [0.1, 0.15) is 5.82 Å². The number of hydrogen-bond donors (Lipinski definition) is 1. The second-order valence-electron chi connectivity index (χ2n) is 6.20. The zero-order valence-corrected chi connectivity index (χ0v) is 15.4. The molecule has 7 nitrogen and oxygen atoms in total. The third kappa shape index (κ3) is 4.39. The minimum atomic E-state index is -3.69. The van der Waals surface area contributed by atoms with Crippen LogP contribution >= 0.6 is 0 Å². The summed E-state index contributed by atoms with van der Waals surface area (Å²) in [6, 6.07) is 12.3. The number of nitrogens with zero attached hydrogens (tertiary/aromatic N) is 3. The topological polar surface area (TPSA) is 82.6 Å². The predicted molar refractivity (Wildman–Crippen MR) is 99.4 cm³/mol. The molecular weight excluding hydrogens is 352 g/mol. The van der Waals surface area contributed by atoms with Crippen molar-refractivity contribution in [3.63, 3.8) is 0 Å². The normalized spacial score (nSPS) is 15.1. The van der Waals surface area contributed by atoms with E-state index in [4.69, 9.17) is 0 Å². The van der Waals surface area contributed by atoms with Gasteiger partial charge in [-0.1, -0.05) is 18.2 Å². The van der Waals surface area contributed by atoms with Crippen molar-refractivity contribution in [2.24, 2.45) is 0 Å². The molecule has 1 aromatic carbocycles. The molecule has 0 spiro atoms. The van der Waals surface area contributed by atoms with Crippen molar-refractivity contribution >= 4 is 21.7 Å². The summed E-state index contributed by atoms with van der Waals surface area (Å²) in [5.41, 5.74) is 0.852. The summed E-state index contributed by atoms with van der Waals surface area (Å²) in [5.74, 6) is 0.668. The lowest BCUT2D eigenvalue weighted by Crippen LogP contribution is -2.51. The number of piperazine rings is 1. The number of carbonyl (C=O) groups excluding carboxylic acids is 1. The Morgan fingerprint density at radius 3 is 2.54 bits per heavy atom. The Labute approximate surface area is 153 Å². The van der Waals surface area contributed by atoms with Crippen LogP contribution in [0.1, 0.15) is 5.56 Å². The molecule has 1 N–H and O–H groups in total. The molecule has 0 radical (unpaired) electrons. The van der Waals surface area contributed by atoms with E-state index in [0.29, 0.717) is 26.2 Å². The van der Waals surface area contributed by atoms with Crippen molar-refractivity contribution < 1.29 is 13.2 Å². The summed E-state index contributed by atoms with van der Waals surface area (Å²) < 4.78 is 27.0. The van der Waals surface area contributed by atoms with Crippen LogP contribution in [0.15, 0.2) is 53.6 Å². The standard InChI is InChI=1S/C18H22N4O3S/c1-15-5-4-6-16(13-15)26(24,25)20-14-18(23)22-11-9-21(10-12-22)17-7-2-3-8-19-17/h2-8,13,20H,9-12,14H2,1H3. The van der Waals surface area contributed by atoms with Gasteiger partial charge in [0.05, 0.1) is 11.4 Å². The first-order valence-electron chi connectivity index (χ1n) is 8.46. The molecule has 8 heteroatoms. The summed E-state index contributed by atoms with van der Waals surface area (Å²) in [6.07, 6.45) is 1.74. The molecule has 26 heavy (non-hydrogen) atoms. The van der Waals surface area contributed by atoms with E-state index in [-0.39, 0.29) is 17.3 Å². The Morgan fingerprint density at radius 1 is 1.12 bits per heavy atom. The zero-order chi connectivity index (χ0) is 18.6. The number of sulfonamides is 1. The van der Waals surface area contributed by atoms with Crippen LogP contribution in [0.25, 0.3) is 0 Å². The number of carbonyl (C=O) groups is 1. The molecule has 138 valence electrons. The minimum Gasteiger partial charge on any atom is -0.353 e. The summed E-state index contributed by atoms with van der Waals surface area (Å²) in [7, 11) is -3.69. The fourth-order valence-corrected chi connectivity index (χ4v) is 3.94. The van der Waals surface area contributed by atoms with Gasteiger partial charge in [-0.05, 0) is 36.8 Å². The minimum absolute atomic E-state index is 0.172. The molecule has 2 aromatic rings. The van der Waals surface area contributed by atoms with Crippen molar-refractivity contribution in [1.29, 1.82) is 0 Å². The molecule has 0 atom stereocenters. The molecule has 1 aromatic heterocycles. The second-order valence-corrected chi connectivity index (χ2v) is 7.96. The van der Waals surface area contributed by atoms with Crippen molar-refractivity contribution in [3.8, 4) is 0 Å². The summed E-state index contributed by atoms with van der Waals surface area (Å²) in [4.78, 5) is 20.6. The quantitative estimate of drug-likeness (QED) is 0.845. The number of anilines is 1. The lowest BCUT2D eigenvalue weighted by atomic mass is 10.2. The van der Waals surface area contributed by atoms with E-state index in [2.05, 4.69) is 14.6 Å². The fourth-order valence-electron chi connectivity index (χ4n) is 2.86. The monoisotopic (exact) mass is 374 g/mol. The van der Waals surface area contributed by atoms with E-state index in [1.54, 1.807) is 23.2 Å². The molecule has 1 aliphatic heterocycles. The summed E-state index contributed by atoms with van der Waals surface area (Å²) in [6.45, 7) is 4.02.